The standard InChI is InChI=1S/C54H106O4S/c1-5-9-13-17-21-25-29-33-37-41-46-53(52(57)58,47-42-38-34-30-26-22-18-14-10-6-2)54(59-50-45-51(55)56,48-43-39-35-31-27-23-19-15-11-7-3)49-44-40-36-32-28-24-20-16-12-8-4/h5-50H2,1-4H3,(H,55,56)(H,57,58). The van der Waals surface area contributed by atoms with Crippen LogP contribution in [0.2, 0.25) is 0 Å². The Morgan fingerprint density at radius 2 is 0.559 bits per heavy atom. The lowest BCUT2D eigenvalue weighted by Gasteiger charge is -2.49. The second kappa shape index (κ2) is 43.9. The zero-order valence-corrected chi connectivity index (χ0v) is 41.5. The average Bonchev–Trinajstić information content (AvgIpc) is 3.22. The molecule has 4 nitrogen and oxygen atoms in total. The quantitative estimate of drug-likeness (QED) is 0.0597. The van der Waals surface area contributed by atoms with Crippen molar-refractivity contribution in [2.75, 3.05) is 5.75 Å². The molecule has 0 bridgehead atoms. The second-order valence-corrected chi connectivity index (χ2v) is 20.6. The van der Waals surface area contributed by atoms with E-state index in [1.807, 2.05) is 0 Å². The van der Waals surface area contributed by atoms with E-state index in [2.05, 4.69) is 27.7 Å². The highest BCUT2D eigenvalue weighted by atomic mass is 32.2. The van der Waals surface area contributed by atoms with E-state index in [4.69, 9.17) is 0 Å². The van der Waals surface area contributed by atoms with Gasteiger partial charge < -0.3 is 10.2 Å². The highest BCUT2D eigenvalue weighted by molar-refractivity contribution is 8.00. The van der Waals surface area contributed by atoms with Crippen LogP contribution < -0.4 is 0 Å². The first-order chi connectivity index (χ1) is 28.9. The van der Waals surface area contributed by atoms with E-state index in [0.29, 0.717) is 5.75 Å². The minimum absolute atomic E-state index is 0.120. The van der Waals surface area contributed by atoms with E-state index in [0.717, 1.165) is 64.2 Å². The molecule has 0 saturated carbocycles. The molecule has 59 heavy (non-hydrogen) atoms. The summed E-state index contributed by atoms with van der Waals surface area (Å²) in [5.41, 5.74) is -0.797. The van der Waals surface area contributed by atoms with E-state index in [-0.39, 0.29) is 6.42 Å². The van der Waals surface area contributed by atoms with Gasteiger partial charge in [0.15, 0.2) is 0 Å². The van der Waals surface area contributed by atoms with Crippen molar-refractivity contribution in [2.24, 2.45) is 5.41 Å². The van der Waals surface area contributed by atoms with Gasteiger partial charge >= 0.3 is 11.9 Å². The summed E-state index contributed by atoms with van der Waals surface area (Å²) in [6.07, 6.45) is 54.1. The summed E-state index contributed by atoms with van der Waals surface area (Å²) in [6.45, 7) is 9.12. The van der Waals surface area contributed by atoms with Crippen LogP contribution in [0.15, 0.2) is 0 Å². The molecule has 5 heteroatoms. The molecule has 0 rings (SSSR count). The van der Waals surface area contributed by atoms with Crippen LogP contribution in [0.5, 0.6) is 0 Å². The van der Waals surface area contributed by atoms with Gasteiger partial charge in [0.1, 0.15) is 0 Å². The summed E-state index contributed by atoms with van der Waals surface area (Å²) < 4.78 is -0.410. The fourth-order valence-corrected chi connectivity index (χ4v) is 11.6. The summed E-state index contributed by atoms with van der Waals surface area (Å²) in [6, 6.07) is 0. The van der Waals surface area contributed by atoms with Crippen molar-refractivity contribution in [1.29, 1.82) is 0 Å². The maximum absolute atomic E-state index is 14.2. The van der Waals surface area contributed by atoms with Crippen molar-refractivity contribution in [3.8, 4) is 0 Å². The fourth-order valence-electron chi connectivity index (χ4n) is 9.83. The van der Waals surface area contributed by atoms with Crippen LogP contribution in [0.3, 0.4) is 0 Å². The molecule has 0 aliphatic heterocycles. The number of carboxylic acid groups (broad SMARTS) is 2. The molecule has 0 aromatic carbocycles. The summed E-state index contributed by atoms with van der Waals surface area (Å²) in [7, 11) is 0. The van der Waals surface area contributed by atoms with Crippen LogP contribution in [0.25, 0.3) is 0 Å². The minimum Gasteiger partial charge on any atom is -0.481 e. The van der Waals surface area contributed by atoms with Crippen LogP contribution in [-0.2, 0) is 9.59 Å². The normalized spacial score (nSPS) is 12.1. The number of thioether (sulfide) groups is 1. The van der Waals surface area contributed by atoms with Gasteiger partial charge in [-0.15, -0.1) is 0 Å². The molecule has 0 aliphatic rings. The zero-order valence-electron chi connectivity index (χ0n) is 40.6. The van der Waals surface area contributed by atoms with Crippen molar-refractivity contribution in [2.45, 2.75) is 321 Å². The zero-order chi connectivity index (χ0) is 43.4. The van der Waals surface area contributed by atoms with E-state index in [1.54, 1.807) is 11.8 Å². The van der Waals surface area contributed by atoms with Gasteiger partial charge in [-0.3, -0.25) is 9.59 Å². The Balaban J connectivity index is 6.11. The van der Waals surface area contributed by atoms with Crippen LogP contribution in [-0.4, -0.2) is 32.7 Å². The number of carbonyl (C=O) groups is 2. The number of unbranched alkanes of at least 4 members (excludes halogenated alkanes) is 36. The Labute approximate surface area is 374 Å². The number of aliphatic carboxylic acids is 2. The average molecular weight is 852 g/mol. The third-order valence-electron chi connectivity index (χ3n) is 13.8. The van der Waals surface area contributed by atoms with Gasteiger partial charge in [0.05, 0.1) is 11.8 Å². The molecule has 352 valence electrons. The van der Waals surface area contributed by atoms with Crippen LogP contribution in [0.1, 0.15) is 317 Å². The van der Waals surface area contributed by atoms with E-state index < -0.39 is 22.1 Å². The lowest BCUT2D eigenvalue weighted by molar-refractivity contribution is -0.153. The first kappa shape index (κ1) is 58.3. The molecule has 0 aromatic rings. The van der Waals surface area contributed by atoms with Gasteiger partial charge in [-0.2, -0.15) is 11.8 Å². The molecule has 0 radical (unpaired) electrons. The molecule has 0 heterocycles. The van der Waals surface area contributed by atoms with Gasteiger partial charge in [0, 0.05) is 10.5 Å². The fraction of sp³-hybridized carbons (Fsp3) is 0.963. The summed E-state index contributed by atoms with van der Waals surface area (Å²) in [5.74, 6) is -0.809. The third kappa shape index (κ3) is 32.6. The molecule has 0 unspecified atom stereocenters. The van der Waals surface area contributed by atoms with Gasteiger partial charge in [-0.1, -0.05) is 285 Å². The molecular weight excluding hydrogens is 745 g/mol. The van der Waals surface area contributed by atoms with E-state index in [1.165, 1.54) is 218 Å². The third-order valence-corrected chi connectivity index (χ3v) is 15.5. The van der Waals surface area contributed by atoms with Gasteiger partial charge in [0.2, 0.25) is 0 Å². The summed E-state index contributed by atoms with van der Waals surface area (Å²) in [5, 5.41) is 21.5. The molecule has 0 fully saturated rings. The minimum atomic E-state index is -0.797. The Hall–Kier alpha value is -0.710. The summed E-state index contributed by atoms with van der Waals surface area (Å²) in [4.78, 5) is 26.2. The molecule has 0 aliphatic carbocycles. The number of rotatable bonds is 50. The SMILES string of the molecule is CCCCCCCCCCCCC(CCCCCCCCCCCC)(SCCC(=O)O)C(CCCCCCCCCCCC)(CCCCCCCCCCCC)C(=O)O. The molecule has 0 aromatic heterocycles. The van der Waals surface area contributed by atoms with Crippen molar-refractivity contribution < 1.29 is 19.8 Å². The van der Waals surface area contributed by atoms with Crippen molar-refractivity contribution in [1.82, 2.24) is 0 Å². The largest absolute Gasteiger partial charge is 0.481 e. The Morgan fingerprint density at radius 1 is 0.339 bits per heavy atom. The first-order valence-corrected chi connectivity index (χ1v) is 27.9. The Kier molecular flexibility index (Phi) is 43.4. The van der Waals surface area contributed by atoms with Crippen molar-refractivity contribution in [3.63, 3.8) is 0 Å². The molecule has 0 saturated heterocycles. The summed E-state index contributed by atoms with van der Waals surface area (Å²) >= 11 is 1.79. The number of hydrogen-bond donors (Lipinski definition) is 2. The lowest BCUT2D eigenvalue weighted by Crippen LogP contribution is -2.52. The molecule has 0 spiro atoms. The van der Waals surface area contributed by atoms with Crippen LogP contribution >= 0.6 is 11.8 Å². The van der Waals surface area contributed by atoms with Crippen LogP contribution in [0.4, 0.5) is 0 Å². The van der Waals surface area contributed by atoms with Crippen molar-refractivity contribution in [3.05, 3.63) is 0 Å². The second-order valence-electron chi connectivity index (χ2n) is 19.1. The van der Waals surface area contributed by atoms with Gasteiger partial charge in [0.25, 0.3) is 0 Å². The van der Waals surface area contributed by atoms with E-state index >= 15 is 0 Å². The monoisotopic (exact) mass is 851 g/mol. The molecule has 0 amide bonds. The van der Waals surface area contributed by atoms with Gasteiger partial charge in [-0.25, -0.2) is 0 Å². The Morgan fingerprint density at radius 3 is 0.780 bits per heavy atom. The van der Waals surface area contributed by atoms with E-state index in [9.17, 15) is 19.8 Å². The van der Waals surface area contributed by atoms with Gasteiger partial charge in [-0.05, 0) is 25.7 Å². The number of hydrogen-bond acceptors (Lipinski definition) is 3. The van der Waals surface area contributed by atoms with Crippen LogP contribution in [0, 0.1) is 5.41 Å². The first-order valence-electron chi connectivity index (χ1n) is 26.9. The molecule has 2 N–H and O–H groups in total. The smallest absolute Gasteiger partial charge is 0.311 e. The topological polar surface area (TPSA) is 74.6 Å². The predicted octanol–water partition coefficient (Wildman–Crippen LogP) is 19.2. The molecule has 0 atom stereocenters. The maximum atomic E-state index is 14.2. The molecular formula is C54H106O4S. The van der Waals surface area contributed by atoms with Crippen molar-refractivity contribution >= 4 is 23.7 Å². The predicted molar refractivity (Wildman–Crippen MR) is 263 cm³/mol. The Bertz CT molecular complexity index is 842. The maximum Gasteiger partial charge on any atom is 0.311 e. The highest BCUT2D eigenvalue weighted by Crippen LogP contribution is 2.55. The highest BCUT2D eigenvalue weighted by Gasteiger charge is 2.55. The number of carboxylic acids is 2. The lowest BCUT2D eigenvalue weighted by atomic mass is 9.64.